The highest BCUT2D eigenvalue weighted by molar-refractivity contribution is 5.95. The number of carbonyl (C=O) groups excluding carboxylic acids is 1. The van der Waals surface area contributed by atoms with Gasteiger partial charge in [-0.15, -0.1) is 0 Å². The summed E-state index contributed by atoms with van der Waals surface area (Å²) in [5.74, 6) is 0.221. The molecule has 0 radical (unpaired) electrons. The van der Waals surface area contributed by atoms with Gasteiger partial charge in [0.1, 0.15) is 0 Å². The number of benzene rings is 2. The Morgan fingerprint density at radius 3 is 2.54 bits per heavy atom. The first-order valence-corrected chi connectivity index (χ1v) is 8.15. The van der Waals surface area contributed by atoms with Crippen LogP contribution in [0.4, 0.5) is 0 Å². The Labute approximate surface area is 141 Å². The molecule has 124 valence electrons. The van der Waals surface area contributed by atoms with Crippen LogP contribution in [0.5, 0.6) is 11.5 Å². The predicted molar refractivity (Wildman–Crippen MR) is 93.7 cm³/mol. The van der Waals surface area contributed by atoms with Crippen molar-refractivity contribution in [2.24, 2.45) is 5.92 Å². The minimum Gasteiger partial charge on any atom is -0.504 e. The summed E-state index contributed by atoms with van der Waals surface area (Å²) >= 11 is 0. The molecule has 0 bridgehead atoms. The molecule has 0 aliphatic heterocycles. The van der Waals surface area contributed by atoms with E-state index in [-0.39, 0.29) is 29.9 Å². The summed E-state index contributed by atoms with van der Waals surface area (Å²) in [6.45, 7) is 0.274. The van der Waals surface area contributed by atoms with Crippen molar-refractivity contribution in [3.8, 4) is 11.5 Å². The minimum atomic E-state index is -0.194. The summed E-state index contributed by atoms with van der Waals surface area (Å²) < 4.78 is 0. The Bertz CT molecular complexity index is 736. The highest BCUT2D eigenvalue weighted by atomic mass is 16.3. The first-order valence-electron chi connectivity index (χ1n) is 8.15. The van der Waals surface area contributed by atoms with Crippen LogP contribution in [0.3, 0.4) is 0 Å². The first-order chi connectivity index (χ1) is 11.6. The van der Waals surface area contributed by atoms with E-state index < -0.39 is 0 Å². The van der Waals surface area contributed by atoms with Gasteiger partial charge >= 0.3 is 0 Å². The second kappa shape index (κ2) is 7.32. The van der Waals surface area contributed by atoms with Gasteiger partial charge in [0.05, 0.1) is 6.54 Å². The monoisotopic (exact) mass is 323 g/mol. The maximum atomic E-state index is 12.1. The van der Waals surface area contributed by atoms with Gasteiger partial charge in [0.2, 0.25) is 0 Å². The molecule has 1 aliphatic carbocycles. The number of hydrogen-bond acceptors (Lipinski definition) is 4. The minimum absolute atomic E-state index is 0.0239. The highest BCUT2D eigenvalue weighted by Gasteiger charge is 2.31. The van der Waals surface area contributed by atoms with Crippen LogP contribution in [0.15, 0.2) is 54.6 Å². The average molecular weight is 323 g/mol. The molecule has 2 aromatic rings. The van der Waals surface area contributed by atoms with Crippen LogP contribution in [0.25, 0.3) is 6.08 Å². The van der Waals surface area contributed by atoms with Gasteiger partial charge in [-0.05, 0) is 48.1 Å². The van der Waals surface area contributed by atoms with E-state index in [0.717, 1.165) is 0 Å². The number of aromatic hydroxyl groups is 2. The van der Waals surface area contributed by atoms with Gasteiger partial charge in [-0.2, -0.15) is 0 Å². The molecule has 0 aromatic heterocycles. The van der Waals surface area contributed by atoms with Gasteiger partial charge in [-0.3, -0.25) is 4.79 Å². The fraction of sp³-hybridized carbons (Fsp3) is 0.250. The molecule has 1 aliphatic rings. The zero-order valence-corrected chi connectivity index (χ0v) is 13.4. The second-order valence-corrected chi connectivity index (χ2v) is 6.15. The number of phenolic OH excluding ortho intramolecular Hbond substituents is 2. The molecule has 0 amide bonds. The van der Waals surface area contributed by atoms with Gasteiger partial charge in [0, 0.05) is 6.04 Å². The fourth-order valence-electron chi connectivity index (χ4n) is 2.75. The molecule has 1 atom stereocenters. The van der Waals surface area contributed by atoms with Gasteiger partial charge in [-0.25, -0.2) is 0 Å². The second-order valence-electron chi connectivity index (χ2n) is 6.15. The molecule has 0 saturated heterocycles. The zero-order valence-electron chi connectivity index (χ0n) is 13.4. The molecular weight excluding hydrogens is 302 g/mol. The molecule has 4 heteroatoms. The standard InChI is InChI=1S/C20H21NO3/c22-17(10-6-14-7-11-18(23)19(24)12-14)13-21-20(16-8-9-16)15-4-2-1-3-5-15/h1-7,10-12,16,20-21,23-24H,8-9,13H2/b10-6+. The van der Waals surface area contributed by atoms with E-state index in [0.29, 0.717) is 11.5 Å². The molecule has 0 spiro atoms. The third-order valence-electron chi connectivity index (χ3n) is 4.21. The zero-order chi connectivity index (χ0) is 16.9. The van der Waals surface area contributed by atoms with Crippen molar-refractivity contribution in [2.75, 3.05) is 6.54 Å². The molecule has 3 rings (SSSR count). The summed E-state index contributed by atoms with van der Waals surface area (Å²) in [6.07, 6.45) is 5.53. The van der Waals surface area contributed by atoms with Gasteiger partial charge in [0.25, 0.3) is 0 Å². The van der Waals surface area contributed by atoms with E-state index >= 15 is 0 Å². The van der Waals surface area contributed by atoms with Crippen molar-refractivity contribution in [1.29, 1.82) is 0 Å². The molecule has 1 saturated carbocycles. The SMILES string of the molecule is O=C(/C=C/c1ccc(O)c(O)c1)CNC(c1ccccc1)C1CC1. The summed E-state index contributed by atoms with van der Waals surface area (Å²) in [7, 11) is 0. The topological polar surface area (TPSA) is 69.6 Å². The van der Waals surface area contributed by atoms with E-state index in [2.05, 4.69) is 17.4 Å². The number of rotatable bonds is 7. The van der Waals surface area contributed by atoms with Crippen molar-refractivity contribution in [3.63, 3.8) is 0 Å². The fourth-order valence-corrected chi connectivity index (χ4v) is 2.75. The maximum Gasteiger partial charge on any atom is 0.169 e. The molecule has 24 heavy (non-hydrogen) atoms. The Kier molecular flexibility index (Phi) is 4.96. The largest absolute Gasteiger partial charge is 0.504 e. The Morgan fingerprint density at radius 1 is 1.12 bits per heavy atom. The van der Waals surface area contributed by atoms with Crippen LogP contribution in [0.2, 0.25) is 0 Å². The van der Waals surface area contributed by atoms with Gasteiger partial charge in [0.15, 0.2) is 17.3 Å². The summed E-state index contributed by atoms with van der Waals surface area (Å²) in [4.78, 5) is 12.1. The molecule has 1 fully saturated rings. The number of carbonyl (C=O) groups is 1. The first kappa shape index (κ1) is 16.3. The summed E-state index contributed by atoms with van der Waals surface area (Å²) in [5.41, 5.74) is 1.89. The lowest BCUT2D eigenvalue weighted by Crippen LogP contribution is -2.28. The molecular formula is C20H21NO3. The molecule has 2 aromatic carbocycles. The molecule has 1 unspecified atom stereocenters. The lowest BCUT2D eigenvalue weighted by atomic mass is 10.0. The van der Waals surface area contributed by atoms with Gasteiger partial charge in [-0.1, -0.05) is 42.5 Å². The quantitative estimate of drug-likeness (QED) is 0.539. The predicted octanol–water partition coefficient (Wildman–Crippen LogP) is 3.42. The van der Waals surface area contributed by atoms with Crippen LogP contribution >= 0.6 is 0 Å². The van der Waals surface area contributed by atoms with Crippen molar-refractivity contribution in [2.45, 2.75) is 18.9 Å². The lowest BCUT2D eigenvalue weighted by molar-refractivity contribution is -0.113. The third kappa shape index (κ3) is 4.24. The summed E-state index contributed by atoms with van der Waals surface area (Å²) in [6, 6.07) is 14.9. The number of ketones is 1. The third-order valence-corrected chi connectivity index (χ3v) is 4.21. The lowest BCUT2D eigenvalue weighted by Gasteiger charge is -2.17. The van der Waals surface area contributed by atoms with E-state index in [9.17, 15) is 15.0 Å². The van der Waals surface area contributed by atoms with E-state index in [4.69, 9.17) is 0 Å². The Hall–Kier alpha value is -2.59. The Balaban J connectivity index is 1.58. The van der Waals surface area contributed by atoms with E-state index in [1.807, 2.05) is 18.2 Å². The highest BCUT2D eigenvalue weighted by Crippen LogP contribution is 2.40. The van der Waals surface area contributed by atoms with E-state index in [1.165, 1.54) is 36.6 Å². The van der Waals surface area contributed by atoms with Crippen molar-refractivity contribution in [3.05, 3.63) is 65.7 Å². The van der Waals surface area contributed by atoms with Crippen molar-refractivity contribution in [1.82, 2.24) is 5.32 Å². The van der Waals surface area contributed by atoms with Crippen LogP contribution in [0, 0.1) is 5.92 Å². The maximum absolute atomic E-state index is 12.1. The van der Waals surface area contributed by atoms with Gasteiger partial charge < -0.3 is 15.5 Å². The number of phenols is 2. The smallest absolute Gasteiger partial charge is 0.169 e. The number of nitrogens with one attached hydrogen (secondary N) is 1. The number of hydrogen-bond donors (Lipinski definition) is 3. The van der Waals surface area contributed by atoms with Crippen LogP contribution in [-0.4, -0.2) is 22.5 Å². The van der Waals surface area contributed by atoms with Crippen molar-refractivity contribution < 1.29 is 15.0 Å². The Morgan fingerprint density at radius 2 is 1.88 bits per heavy atom. The van der Waals surface area contributed by atoms with Crippen LogP contribution in [-0.2, 0) is 4.79 Å². The average Bonchev–Trinajstić information content (AvgIpc) is 3.42. The van der Waals surface area contributed by atoms with Crippen molar-refractivity contribution >= 4 is 11.9 Å². The normalized spacial score (nSPS) is 15.5. The molecule has 0 heterocycles. The van der Waals surface area contributed by atoms with Crippen LogP contribution < -0.4 is 5.32 Å². The van der Waals surface area contributed by atoms with E-state index in [1.54, 1.807) is 12.1 Å². The summed E-state index contributed by atoms with van der Waals surface area (Å²) in [5, 5.41) is 22.1. The molecule has 3 N–H and O–H groups in total. The van der Waals surface area contributed by atoms with Crippen LogP contribution in [0.1, 0.15) is 30.0 Å². The molecule has 4 nitrogen and oxygen atoms in total.